The molecule has 0 saturated carbocycles. The zero-order valence-electron chi connectivity index (χ0n) is 15.8. The van der Waals surface area contributed by atoms with Gasteiger partial charge in [0.05, 0.1) is 16.5 Å². The number of nitrogens with zero attached hydrogens (tertiary/aromatic N) is 2. The molecule has 0 fully saturated rings. The van der Waals surface area contributed by atoms with Gasteiger partial charge in [0.1, 0.15) is 6.04 Å². The van der Waals surface area contributed by atoms with Gasteiger partial charge in [0.25, 0.3) is 11.1 Å². The highest BCUT2D eigenvalue weighted by atomic mass is 16.2. The molecule has 5 nitrogen and oxygen atoms in total. The number of aromatic nitrogens is 2. The molecule has 2 aromatic carbocycles. The van der Waals surface area contributed by atoms with Crippen molar-refractivity contribution in [3.05, 3.63) is 86.4 Å². The van der Waals surface area contributed by atoms with Crippen LogP contribution in [0.25, 0.3) is 16.5 Å². The molecule has 5 rings (SSSR count). The summed E-state index contributed by atoms with van der Waals surface area (Å²) in [7, 11) is 0. The Balaban J connectivity index is 1.94. The molecule has 0 radical (unpaired) electrons. The second kappa shape index (κ2) is 5.64. The zero-order valence-corrected chi connectivity index (χ0v) is 15.8. The monoisotopic (exact) mass is 372 g/mol. The lowest BCUT2D eigenvalue weighted by atomic mass is 9.72. The van der Waals surface area contributed by atoms with Crippen molar-refractivity contribution < 1.29 is 4.79 Å². The first-order valence-corrected chi connectivity index (χ1v) is 9.51. The van der Waals surface area contributed by atoms with Crippen LogP contribution in [0, 0.1) is 5.41 Å². The van der Waals surface area contributed by atoms with Crippen LogP contribution in [-0.2, 0) is 4.79 Å². The van der Waals surface area contributed by atoms with Gasteiger partial charge in [0, 0.05) is 11.0 Å². The smallest absolute Gasteiger partial charge is 0.277 e. The van der Waals surface area contributed by atoms with E-state index in [0.717, 1.165) is 5.56 Å². The van der Waals surface area contributed by atoms with Gasteiger partial charge in [-0.05, 0) is 30.5 Å². The van der Waals surface area contributed by atoms with Crippen molar-refractivity contribution in [1.29, 1.82) is 0 Å². The van der Waals surface area contributed by atoms with Crippen molar-refractivity contribution in [2.24, 2.45) is 5.41 Å². The lowest BCUT2D eigenvalue weighted by Crippen LogP contribution is -2.37. The molecule has 0 N–H and O–H groups in total. The number of hydrogen-bond donors (Lipinski definition) is 0. The van der Waals surface area contributed by atoms with Gasteiger partial charge in [-0.15, -0.1) is 0 Å². The predicted molar refractivity (Wildman–Crippen MR) is 108 cm³/mol. The van der Waals surface area contributed by atoms with E-state index < -0.39 is 11.5 Å². The van der Waals surface area contributed by atoms with Crippen molar-refractivity contribution in [3.8, 4) is 0 Å². The van der Waals surface area contributed by atoms with Crippen LogP contribution >= 0.6 is 0 Å². The Labute approximate surface area is 161 Å². The summed E-state index contributed by atoms with van der Waals surface area (Å²) in [6.45, 7) is 3.87. The van der Waals surface area contributed by atoms with E-state index in [-0.39, 0.29) is 16.9 Å². The Hall–Kier alpha value is -3.21. The van der Waals surface area contributed by atoms with Gasteiger partial charge in [-0.3, -0.25) is 14.4 Å². The number of carbonyl (C=O) groups is 1. The summed E-state index contributed by atoms with van der Waals surface area (Å²) in [5, 5.41) is 0.776. The number of hydrogen-bond acceptors (Lipinski definition) is 3. The number of rotatable bonds is 1. The molecule has 1 aliphatic heterocycles. The number of fused-ring (bicyclic) bond motifs is 3. The predicted octanol–water partition coefficient (Wildman–Crippen LogP) is 3.37. The molecule has 2 heterocycles. The van der Waals surface area contributed by atoms with Crippen LogP contribution in [0.4, 0.5) is 0 Å². The zero-order chi connectivity index (χ0) is 19.6. The average Bonchev–Trinajstić information content (AvgIpc) is 3.06. The Morgan fingerprint density at radius 3 is 2.14 bits per heavy atom. The van der Waals surface area contributed by atoms with Crippen molar-refractivity contribution in [3.63, 3.8) is 0 Å². The maximum Gasteiger partial charge on any atom is 0.277 e. The third kappa shape index (κ3) is 2.10. The van der Waals surface area contributed by atoms with Crippen molar-refractivity contribution in [2.45, 2.75) is 32.7 Å². The molecule has 0 saturated heterocycles. The van der Waals surface area contributed by atoms with Crippen LogP contribution in [-0.4, -0.2) is 15.1 Å². The van der Waals surface area contributed by atoms with E-state index in [0.29, 0.717) is 34.9 Å². The van der Waals surface area contributed by atoms with E-state index in [2.05, 4.69) is 0 Å². The highest BCUT2D eigenvalue weighted by Crippen LogP contribution is 2.46. The molecular formula is C23H20N2O3. The molecule has 0 spiro atoms. The van der Waals surface area contributed by atoms with E-state index in [9.17, 15) is 14.4 Å². The lowest BCUT2D eigenvalue weighted by molar-refractivity contribution is -0.124. The highest BCUT2D eigenvalue weighted by Gasteiger charge is 2.46. The van der Waals surface area contributed by atoms with Crippen molar-refractivity contribution in [2.75, 3.05) is 0 Å². The highest BCUT2D eigenvalue weighted by molar-refractivity contribution is 6.07. The Bertz CT molecular complexity index is 1290. The summed E-state index contributed by atoms with van der Waals surface area (Å²) in [4.78, 5) is 40.2. The molecule has 5 heteroatoms. The second-order valence-corrected chi connectivity index (χ2v) is 8.20. The van der Waals surface area contributed by atoms with Crippen LogP contribution < -0.4 is 11.1 Å². The molecule has 3 aromatic rings. The van der Waals surface area contributed by atoms with Crippen molar-refractivity contribution in [1.82, 2.24) is 9.36 Å². The Morgan fingerprint density at radius 2 is 1.46 bits per heavy atom. The second-order valence-electron chi connectivity index (χ2n) is 8.20. The van der Waals surface area contributed by atoms with Crippen molar-refractivity contribution >= 4 is 22.3 Å². The first-order chi connectivity index (χ1) is 13.4. The van der Waals surface area contributed by atoms with Crippen LogP contribution in [0.3, 0.4) is 0 Å². The van der Waals surface area contributed by atoms with Crippen LogP contribution in [0.1, 0.15) is 38.3 Å². The standard InChI is InChI=1S/C23H20N2O3/c1-23(2)13-12-17-18(20(23)26)19(14-8-4-3-5-9-14)25-22(28)16-11-7-6-10-15(16)21(27)24(17)25/h3-11,19H,12-13H2,1-2H3. The van der Waals surface area contributed by atoms with Gasteiger partial charge >= 0.3 is 0 Å². The SMILES string of the molecule is CC1(C)CCC2=C(C1=O)C(c1ccccc1)n1c(=O)c3ccccc3c(=O)n12. The summed E-state index contributed by atoms with van der Waals surface area (Å²) in [5.41, 5.74) is 1.09. The summed E-state index contributed by atoms with van der Waals surface area (Å²) < 4.78 is 2.95. The molecule has 0 bridgehead atoms. The molecule has 1 atom stereocenters. The molecule has 1 aromatic heterocycles. The van der Waals surface area contributed by atoms with E-state index >= 15 is 0 Å². The maximum absolute atomic E-state index is 13.4. The minimum Gasteiger partial charge on any atom is -0.294 e. The van der Waals surface area contributed by atoms with Crippen LogP contribution in [0.15, 0.2) is 69.8 Å². The number of benzene rings is 2. The van der Waals surface area contributed by atoms with Gasteiger partial charge in [0.15, 0.2) is 5.78 Å². The average molecular weight is 372 g/mol. The molecule has 1 unspecified atom stereocenters. The van der Waals surface area contributed by atoms with Crippen LogP contribution in [0.2, 0.25) is 0 Å². The van der Waals surface area contributed by atoms with E-state index in [1.165, 1.54) is 9.36 Å². The Kier molecular flexibility index (Phi) is 3.41. The third-order valence-corrected chi connectivity index (χ3v) is 6.05. The molecule has 2 aliphatic rings. The number of carbonyl (C=O) groups excluding carboxylic acids is 1. The molecule has 140 valence electrons. The van der Waals surface area contributed by atoms with E-state index in [1.807, 2.05) is 44.2 Å². The Morgan fingerprint density at radius 1 is 0.857 bits per heavy atom. The fourth-order valence-electron chi connectivity index (χ4n) is 4.51. The fourth-order valence-corrected chi connectivity index (χ4v) is 4.51. The first kappa shape index (κ1) is 16.9. The van der Waals surface area contributed by atoms with Crippen LogP contribution in [0.5, 0.6) is 0 Å². The minimum absolute atomic E-state index is 0.0154. The van der Waals surface area contributed by atoms with Gasteiger partial charge in [-0.25, -0.2) is 9.36 Å². The molecular weight excluding hydrogens is 352 g/mol. The first-order valence-electron chi connectivity index (χ1n) is 9.51. The van der Waals surface area contributed by atoms with E-state index in [4.69, 9.17) is 0 Å². The van der Waals surface area contributed by atoms with Gasteiger partial charge in [-0.2, -0.15) is 0 Å². The topological polar surface area (TPSA) is 61.1 Å². The summed E-state index contributed by atoms with van der Waals surface area (Å²) in [5.74, 6) is 0.0154. The quantitative estimate of drug-likeness (QED) is 0.658. The largest absolute Gasteiger partial charge is 0.294 e. The van der Waals surface area contributed by atoms with E-state index in [1.54, 1.807) is 24.3 Å². The normalized spacial score (nSPS) is 20.4. The minimum atomic E-state index is -0.576. The number of Topliss-reactive ketones (excluding diaryl/α,β-unsaturated/α-hetero) is 1. The molecule has 1 aliphatic carbocycles. The molecule has 0 amide bonds. The summed E-state index contributed by atoms with van der Waals surface area (Å²) in [6, 6.07) is 15.8. The van der Waals surface area contributed by atoms with Gasteiger partial charge in [0.2, 0.25) is 0 Å². The number of allylic oxidation sites excluding steroid dienone is 2. The molecule has 28 heavy (non-hydrogen) atoms. The third-order valence-electron chi connectivity index (χ3n) is 6.05. The van der Waals surface area contributed by atoms with Gasteiger partial charge < -0.3 is 0 Å². The summed E-state index contributed by atoms with van der Waals surface area (Å²) in [6.07, 6.45) is 1.24. The van der Waals surface area contributed by atoms with Gasteiger partial charge in [-0.1, -0.05) is 56.3 Å². The lowest BCUT2D eigenvalue weighted by Gasteiger charge is -2.30. The maximum atomic E-state index is 13.4. The fraction of sp³-hybridized carbons (Fsp3) is 0.261. The number of ketones is 1. The summed E-state index contributed by atoms with van der Waals surface area (Å²) >= 11 is 0.